The summed E-state index contributed by atoms with van der Waals surface area (Å²) >= 11 is 0. The molecule has 2 aromatic rings. The van der Waals surface area contributed by atoms with E-state index in [4.69, 9.17) is 9.15 Å². The van der Waals surface area contributed by atoms with Gasteiger partial charge in [-0.1, -0.05) is 12.1 Å². The van der Waals surface area contributed by atoms with Crippen molar-refractivity contribution in [2.24, 2.45) is 0 Å². The number of benzene rings is 1. The Labute approximate surface area is 161 Å². The number of fused-ring (bicyclic) bond motifs is 1. The smallest absolute Gasteiger partial charge is 0.339 e. The van der Waals surface area contributed by atoms with Crippen molar-refractivity contribution in [3.05, 3.63) is 45.3 Å². The molecule has 0 radical (unpaired) electrons. The number of aryl methyl sites for hydroxylation is 2. The third-order valence-corrected chi connectivity index (χ3v) is 4.80. The molecule has 1 aliphatic heterocycles. The Morgan fingerprint density at radius 3 is 2.71 bits per heavy atom. The molecule has 1 aromatic carbocycles. The van der Waals surface area contributed by atoms with Crippen molar-refractivity contribution < 1.29 is 23.5 Å². The van der Waals surface area contributed by atoms with Crippen LogP contribution in [0.5, 0.6) is 0 Å². The lowest BCUT2D eigenvalue weighted by molar-refractivity contribution is -0.157. The second-order valence-electron chi connectivity index (χ2n) is 6.85. The summed E-state index contributed by atoms with van der Waals surface area (Å²) in [5.74, 6) is -1.19. The van der Waals surface area contributed by atoms with Gasteiger partial charge in [0.2, 0.25) is 0 Å². The van der Waals surface area contributed by atoms with Gasteiger partial charge in [-0.05, 0) is 44.4 Å². The molecule has 0 aliphatic carbocycles. The van der Waals surface area contributed by atoms with Gasteiger partial charge in [-0.15, -0.1) is 0 Å². The molecule has 0 saturated carbocycles. The highest BCUT2D eigenvalue weighted by Crippen LogP contribution is 2.21. The highest BCUT2D eigenvalue weighted by atomic mass is 16.5. The van der Waals surface area contributed by atoms with Crippen LogP contribution in [-0.2, 0) is 20.7 Å². The van der Waals surface area contributed by atoms with Crippen molar-refractivity contribution >= 4 is 28.9 Å². The standard InChI is InChI=1S/C20H22N2O6/c1-11-4-5-14-12(2)15(19(25)28-16(14)10-11)6-7-17(23)27-13(3)18(24)22-9-8-21-20(22)26/h4-5,10,13H,6-9H2,1-3H3,(H,21,26). The molecule has 3 rings (SSSR count). The number of rotatable bonds is 5. The normalized spacial score (nSPS) is 14.8. The lowest BCUT2D eigenvalue weighted by Gasteiger charge is -2.18. The minimum absolute atomic E-state index is 0.0766. The molecule has 1 fully saturated rings. The van der Waals surface area contributed by atoms with Crippen LogP contribution in [-0.4, -0.2) is 42.0 Å². The Balaban J connectivity index is 1.66. The Kier molecular flexibility index (Phi) is 5.48. The van der Waals surface area contributed by atoms with Crippen molar-refractivity contribution in [3.63, 3.8) is 0 Å². The first kappa shape index (κ1) is 19.6. The summed E-state index contributed by atoms with van der Waals surface area (Å²) in [4.78, 5) is 49.1. The van der Waals surface area contributed by atoms with Gasteiger partial charge in [0, 0.05) is 30.5 Å². The summed E-state index contributed by atoms with van der Waals surface area (Å²) in [5, 5.41) is 3.33. The fourth-order valence-corrected chi connectivity index (χ4v) is 3.23. The van der Waals surface area contributed by atoms with Crippen molar-refractivity contribution in [1.82, 2.24) is 10.2 Å². The monoisotopic (exact) mass is 386 g/mol. The third-order valence-electron chi connectivity index (χ3n) is 4.80. The lowest BCUT2D eigenvalue weighted by atomic mass is 10.0. The van der Waals surface area contributed by atoms with E-state index in [0.717, 1.165) is 21.4 Å². The van der Waals surface area contributed by atoms with Gasteiger partial charge >= 0.3 is 17.6 Å². The van der Waals surface area contributed by atoms with Gasteiger partial charge in [0.05, 0.1) is 0 Å². The molecule has 1 saturated heterocycles. The minimum Gasteiger partial charge on any atom is -0.453 e. The van der Waals surface area contributed by atoms with E-state index in [1.807, 2.05) is 26.0 Å². The molecule has 0 bridgehead atoms. The summed E-state index contributed by atoms with van der Waals surface area (Å²) in [6.07, 6.45) is -1.01. The number of hydrogen-bond acceptors (Lipinski definition) is 6. The number of carbonyl (C=O) groups excluding carboxylic acids is 3. The van der Waals surface area contributed by atoms with Gasteiger partial charge in [-0.3, -0.25) is 14.5 Å². The zero-order valence-corrected chi connectivity index (χ0v) is 16.0. The average Bonchev–Trinajstić information content (AvgIpc) is 3.06. The van der Waals surface area contributed by atoms with Crippen LogP contribution in [0.25, 0.3) is 11.0 Å². The number of amides is 3. The van der Waals surface area contributed by atoms with E-state index in [9.17, 15) is 19.2 Å². The number of hydrogen-bond donors (Lipinski definition) is 1. The summed E-state index contributed by atoms with van der Waals surface area (Å²) < 4.78 is 10.5. The van der Waals surface area contributed by atoms with Gasteiger partial charge in [0.1, 0.15) is 5.58 Å². The zero-order chi connectivity index (χ0) is 20.4. The van der Waals surface area contributed by atoms with Crippen LogP contribution in [0.1, 0.15) is 30.0 Å². The number of esters is 1. The van der Waals surface area contributed by atoms with E-state index in [1.54, 1.807) is 6.07 Å². The molecule has 1 aromatic heterocycles. The number of ether oxygens (including phenoxy) is 1. The molecule has 3 amide bonds. The Hall–Kier alpha value is -3.16. The van der Waals surface area contributed by atoms with Crippen LogP contribution >= 0.6 is 0 Å². The van der Waals surface area contributed by atoms with Gasteiger partial charge in [-0.2, -0.15) is 0 Å². The quantitative estimate of drug-likeness (QED) is 0.621. The molecule has 8 nitrogen and oxygen atoms in total. The van der Waals surface area contributed by atoms with Crippen LogP contribution in [0.4, 0.5) is 4.79 Å². The SMILES string of the molecule is Cc1ccc2c(C)c(CCC(=O)OC(C)C(=O)N3CCNC3=O)c(=O)oc2c1. The Bertz CT molecular complexity index is 1010. The van der Waals surface area contributed by atoms with Crippen LogP contribution in [0.2, 0.25) is 0 Å². The second kappa shape index (κ2) is 7.84. The van der Waals surface area contributed by atoms with E-state index in [2.05, 4.69) is 5.32 Å². The van der Waals surface area contributed by atoms with E-state index in [0.29, 0.717) is 17.7 Å². The highest BCUT2D eigenvalue weighted by molar-refractivity contribution is 5.98. The van der Waals surface area contributed by atoms with Crippen LogP contribution in [0, 0.1) is 13.8 Å². The minimum atomic E-state index is -1.08. The number of nitrogens with one attached hydrogen (secondary N) is 1. The summed E-state index contributed by atoms with van der Waals surface area (Å²) in [6.45, 7) is 5.77. The van der Waals surface area contributed by atoms with Crippen LogP contribution in [0.15, 0.2) is 27.4 Å². The fourth-order valence-electron chi connectivity index (χ4n) is 3.23. The molecular formula is C20H22N2O6. The maximum absolute atomic E-state index is 12.3. The first-order valence-corrected chi connectivity index (χ1v) is 9.09. The van der Waals surface area contributed by atoms with E-state index in [-0.39, 0.29) is 19.4 Å². The molecule has 1 N–H and O–H groups in total. The molecule has 1 aliphatic rings. The zero-order valence-electron chi connectivity index (χ0n) is 16.0. The number of nitrogens with zero attached hydrogens (tertiary/aromatic N) is 1. The van der Waals surface area contributed by atoms with Gasteiger partial charge < -0.3 is 14.5 Å². The van der Waals surface area contributed by atoms with E-state index in [1.165, 1.54) is 6.92 Å². The Morgan fingerprint density at radius 1 is 1.29 bits per heavy atom. The Morgan fingerprint density at radius 2 is 2.04 bits per heavy atom. The second-order valence-corrected chi connectivity index (χ2v) is 6.85. The molecular weight excluding hydrogens is 364 g/mol. The molecule has 8 heteroatoms. The highest BCUT2D eigenvalue weighted by Gasteiger charge is 2.31. The topological polar surface area (TPSA) is 106 Å². The molecule has 0 spiro atoms. The largest absolute Gasteiger partial charge is 0.453 e. The predicted octanol–water partition coefficient (Wildman–Crippen LogP) is 1.83. The maximum atomic E-state index is 12.3. The fraction of sp³-hybridized carbons (Fsp3) is 0.400. The van der Waals surface area contributed by atoms with Crippen LogP contribution < -0.4 is 10.9 Å². The van der Waals surface area contributed by atoms with E-state index < -0.39 is 29.6 Å². The van der Waals surface area contributed by atoms with Gasteiger partial charge in [0.15, 0.2) is 6.10 Å². The predicted molar refractivity (Wildman–Crippen MR) is 101 cm³/mol. The van der Waals surface area contributed by atoms with Gasteiger partial charge in [0.25, 0.3) is 5.91 Å². The van der Waals surface area contributed by atoms with Crippen molar-refractivity contribution in [2.45, 2.75) is 39.7 Å². The summed E-state index contributed by atoms with van der Waals surface area (Å²) in [5.41, 5.74) is 2.18. The number of urea groups is 1. The number of imide groups is 1. The first-order chi connectivity index (χ1) is 13.3. The number of carbonyl (C=O) groups is 3. The first-order valence-electron chi connectivity index (χ1n) is 9.09. The van der Waals surface area contributed by atoms with Gasteiger partial charge in [-0.25, -0.2) is 9.59 Å². The van der Waals surface area contributed by atoms with Crippen molar-refractivity contribution in [3.8, 4) is 0 Å². The van der Waals surface area contributed by atoms with Crippen molar-refractivity contribution in [1.29, 1.82) is 0 Å². The third kappa shape index (κ3) is 3.90. The lowest BCUT2D eigenvalue weighted by Crippen LogP contribution is -2.41. The van der Waals surface area contributed by atoms with Crippen LogP contribution in [0.3, 0.4) is 0 Å². The maximum Gasteiger partial charge on any atom is 0.339 e. The summed E-state index contributed by atoms with van der Waals surface area (Å²) in [7, 11) is 0. The van der Waals surface area contributed by atoms with Crippen molar-refractivity contribution in [2.75, 3.05) is 13.1 Å². The van der Waals surface area contributed by atoms with E-state index >= 15 is 0 Å². The molecule has 148 valence electrons. The summed E-state index contributed by atoms with van der Waals surface area (Å²) in [6, 6.07) is 5.11. The average molecular weight is 386 g/mol. The molecule has 2 heterocycles. The molecule has 1 unspecified atom stereocenters. The molecule has 1 atom stereocenters. The molecule has 28 heavy (non-hydrogen) atoms.